The van der Waals surface area contributed by atoms with Gasteiger partial charge in [0.2, 0.25) is 0 Å². The number of ether oxygens (including phenoxy) is 1. The van der Waals surface area contributed by atoms with Crippen LogP contribution in [-0.2, 0) is 17.8 Å². The van der Waals surface area contributed by atoms with E-state index in [9.17, 15) is 0 Å². The number of halogens is 1. The molecule has 4 aromatic rings. The Bertz CT molecular complexity index is 1170. The fourth-order valence-corrected chi connectivity index (χ4v) is 4.07. The summed E-state index contributed by atoms with van der Waals surface area (Å²) in [4.78, 5) is 14.7. The number of fused-ring (bicyclic) bond motifs is 1. The van der Waals surface area contributed by atoms with Gasteiger partial charge in [0.05, 0.1) is 18.6 Å². The number of hydrogen-bond acceptors (Lipinski definition) is 5. The molecule has 2 N–H and O–H groups in total. The Labute approximate surface area is 186 Å². The number of aromatic amines is 1. The highest BCUT2D eigenvalue weighted by Crippen LogP contribution is 2.28. The highest BCUT2D eigenvalue weighted by Gasteiger charge is 2.12. The fourth-order valence-electron chi connectivity index (χ4n) is 3.86. The Hall–Kier alpha value is -2.93. The van der Waals surface area contributed by atoms with Crippen molar-refractivity contribution in [2.24, 2.45) is 0 Å². The quantitative estimate of drug-likeness (QED) is 0.460. The van der Waals surface area contributed by atoms with Crippen LogP contribution >= 0.6 is 11.6 Å². The zero-order chi connectivity index (χ0) is 21.0. The fraction of sp³-hybridized carbons (Fsp3) is 0.250. The Morgan fingerprint density at radius 3 is 2.65 bits per heavy atom. The number of H-pyrrole nitrogens is 1. The molecule has 3 heterocycles. The van der Waals surface area contributed by atoms with E-state index in [0.29, 0.717) is 6.54 Å². The van der Waals surface area contributed by atoms with E-state index in [2.05, 4.69) is 55.5 Å². The van der Waals surface area contributed by atoms with Crippen LogP contribution in [-0.4, -0.2) is 46.2 Å². The predicted octanol–water partition coefficient (Wildman–Crippen LogP) is 4.72. The van der Waals surface area contributed by atoms with E-state index in [4.69, 9.17) is 16.3 Å². The molecule has 158 valence electrons. The molecule has 0 aliphatic carbocycles. The Morgan fingerprint density at radius 1 is 1.03 bits per heavy atom. The first-order valence-corrected chi connectivity index (χ1v) is 10.8. The van der Waals surface area contributed by atoms with Crippen molar-refractivity contribution in [3.8, 4) is 11.3 Å². The first kappa shape index (κ1) is 20.0. The molecule has 0 radical (unpaired) electrons. The summed E-state index contributed by atoms with van der Waals surface area (Å²) >= 11 is 6.28. The Balaban J connectivity index is 1.33. The van der Waals surface area contributed by atoms with E-state index < -0.39 is 0 Å². The van der Waals surface area contributed by atoms with Crippen molar-refractivity contribution in [3.63, 3.8) is 0 Å². The van der Waals surface area contributed by atoms with Gasteiger partial charge in [-0.1, -0.05) is 54.1 Å². The summed E-state index contributed by atoms with van der Waals surface area (Å²) in [6, 6.07) is 18.6. The number of nitrogens with zero attached hydrogens (tertiary/aromatic N) is 3. The van der Waals surface area contributed by atoms with Gasteiger partial charge in [0.25, 0.3) is 0 Å². The van der Waals surface area contributed by atoms with Crippen LogP contribution in [0.15, 0.2) is 60.9 Å². The van der Waals surface area contributed by atoms with Crippen molar-refractivity contribution in [3.05, 3.63) is 77.1 Å². The van der Waals surface area contributed by atoms with Crippen molar-refractivity contribution < 1.29 is 4.74 Å². The van der Waals surface area contributed by atoms with Crippen LogP contribution in [0.1, 0.15) is 11.1 Å². The average Bonchev–Trinajstić information content (AvgIpc) is 3.25. The highest BCUT2D eigenvalue weighted by molar-refractivity contribution is 6.31. The topological polar surface area (TPSA) is 66.1 Å². The van der Waals surface area contributed by atoms with Crippen LogP contribution in [0.3, 0.4) is 0 Å². The van der Waals surface area contributed by atoms with Gasteiger partial charge in [-0.05, 0) is 28.8 Å². The van der Waals surface area contributed by atoms with Crippen LogP contribution in [0.5, 0.6) is 0 Å². The largest absolute Gasteiger partial charge is 0.379 e. The first-order chi connectivity index (χ1) is 15.3. The average molecular weight is 434 g/mol. The van der Waals surface area contributed by atoms with Crippen molar-refractivity contribution in [1.82, 2.24) is 19.9 Å². The third-order valence-corrected chi connectivity index (χ3v) is 5.97. The molecule has 0 unspecified atom stereocenters. The molecule has 2 aromatic carbocycles. The minimum atomic E-state index is 0.600. The molecule has 1 aliphatic heterocycles. The van der Waals surface area contributed by atoms with Crippen molar-refractivity contribution in [2.45, 2.75) is 13.1 Å². The molecule has 31 heavy (non-hydrogen) atoms. The van der Waals surface area contributed by atoms with Gasteiger partial charge in [-0.15, -0.1) is 0 Å². The molecule has 0 saturated carbocycles. The van der Waals surface area contributed by atoms with E-state index in [-0.39, 0.29) is 0 Å². The molecule has 1 aliphatic rings. The van der Waals surface area contributed by atoms with Crippen LogP contribution in [0.2, 0.25) is 5.02 Å². The van der Waals surface area contributed by atoms with Gasteiger partial charge in [0, 0.05) is 36.9 Å². The lowest BCUT2D eigenvalue weighted by molar-refractivity contribution is 0.0342. The molecule has 0 amide bonds. The molecular weight excluding hydrogens is 410 g/mol. The standard InChI is InChI=1S/C24H24ClN5O/c25-21-4-2-1-3-19(21)14-26-23-20-13-22(29-24(20)28-16-27-23)18-7-5-17(6-8-18)15-30-9-11-31-12-10-30/h1-8,13,16H,9-12,14-15H2,(H2,26,27,28,29). The Kier molecular flexibility index (Phi) is 5.84. The minimum absolute atomic E-state index is 0.600. The predicted molar refractivity (Wildman–Crippen MR) is 124 cm³/mol. The lowest BCUT2D eigenvalue weighted by atomic mass is 10.1. The summed E-state index contributed by atoms with van der Waals surface area (Å²) in [6.45, 7) is 5.18. The van der Waals surface area contributed by atoms with E-state index in [0.717, 1.165) is 71.5 Å². The highest BCUT2D eigenvalue weighted by atomic mass is 35.5. The molecule has 6 nitrogen and oxygen atoms in total. The number of anilines is 1. The maximum absolute atomic E-state index is 6.28. The maximum Gasteiger partial charge on any atom is 0.143 e. The Morgan fingerprint density at radius 2 is 1.84 bits per heavy atom. The molecule has 0 atom stereocenters. The SMILES string of the molecule is Clc1ccccc1CNc1ncnc2[nH]c(-c3ccc(CN4CCOCC4)cc3)cc12. The molecule has 7 heteroatoms. The van der Waals surface area contributed by atoms with Crippen molar-refractivity contribution >= 4 is 28.5 Å². The second-order valence-corrected chi connectivity index (χ2v) is 8.11. The zero-order valence-electron chi connectivity index (χ0n) is 17.1. The number of rotatable bonds is 6. The van der Waals surface area contributed by atoms with Gasteiger partial charge in [0.15, 0.2) is 0 Å². The van der Waals surface area contributed by atoms with E-state index in [1.54, 1.807) is 6.33 Å². The first-order valence-electron chi connectivity index (χ1n) is 10.5. The normalized spacial score (nSPS) is 14.7. The molecule has 0 bridgehead atoms. The monoisotopic (exact) mass is 433 g/mol. The third-order valence-electron chi connectivity index (χ3n) is 5.60. The van der Waals surface area contributed by atoms with E-state index in [1.807, 2.05) is 24.3 Å². The smallest absolute Gasteiger partial charge is 0.143 e. The second-order valence-electron chi connectivity index (χ2n) is 7.70. The van der Waals surface area contributed by atoms with Gasteiger partial charge < -0.3 is 15.0 Å². The van der Waals surface area contributed by atoms with Crippen molar-refractivity contribution in [1.29, 1.82) is 0 Å². The summed E-state index contributed by atoms with van der Waals surface area (Å²) in [5.41, 5.74) is 5.30. The van der Waals surface area contributed by atoms with Gasteiger partial charge in [-0.2, -0.15) is 0 Å². The summed E-state index contributed by atoms with van der Waals surface area (Å²) in [5, 5.41) is 5.10. The molecule has 2 aromatic heterocycles. The lowest BCUT2D eigenvalue weighted by Crippen LogP contribution is -2.35. The number of benzene rings is 2. The van der Waals surface area contributed by atoms with Crippen LogP contribution in [0, 0.1) is 0 Å². The second kappa shape index (κ2) is 9.06. The maximum atomic E-state index is 6.28. The summed E-state index contributed by atoms with van der Waals surface area (Å²) in [5.74, 6) is 0.788. The third kappa shape index (κ3) is 4.56. The number of hydrogen-bond donors (Lipinski definition) is 2. The zero-order valence-corrected chi connectivity index (χ0v) is 17.9. The summed E-state index contributed by atoms with van der Waals surface area (Å²) in [6.07, 6.45) is 1.57. The van der Waals surface area contributed by atoms with Crippen molar-refractivity contribution in [2.75, 3.05) is 31.6 Å². The summed E-state index contributed by atoms with van der Waals surface area (Å²) < 4.78 is 5.43. The number of morpholine rings is 1. The molecule has 0 spiro atoms. The van der Waals surface area contributed by atoms with E-state index >= 15 is 0 Å². The van der Waals surface area contributed by atoms with Crippen LogP contribution in [0.4, 0.5) is 5.82 Å². The van der Waals surface area contributed by atoms with Crippen LogP contribution in [0.25, 0.3) is 22.3 Å². The minimum Gasteiger partial charge on any atom is -0.379 e. The van der Waals surface area contributed by atoms with Gasteiger partial charge in [-0.3, -0.25) is 4.90 Å². The number of nitrogens with one attached hydrogen (secondary N) is 2. The number of aromatic nitrogens is 3. The molecule has 1 saturated heterocycles. The summed E-state index contributed by atoms with van der Waals surface area (Å²) in [7, 11) is 0. The van der Waals surface area contributed by atoms with Crippen LogP contribution < -0.4 is 5.32 Å². The molecule has 1 fully saturated rings. The van der Waals surface area contributed by atoms with Gasteiger partial charge in [0.1, 0.15) is 17.8 Å². The molecular formula is C24H24ClN5O. The molecule has 5 rings (SSSR count). The van der Waals surface area contributed by atoms with Gasteiger partial charge in [-0.25, -0.2) is 9.97 Å². The lowest BCUT2D eigenvalue weighted by Gasteiger charge is -2.26. The van der Waals surface area contributed by atoms with E-state index in [1.165, 1.54) is 5.56 Å². The van der Waals surface area contributed by atoms with Gasteiger partial charge >= 0.3 is 0 Å².